The second-order valence-electron chi connectivity index (χ2n) is 4.04. The van der Waals surface area contributed by atoms with E-state index in [1.54, 1.807) is 44.5 Å². The van der Waals surface area contributed by atoms with Gasteiger partial charge in [-0.05, 0) is 29.8 Å². The lowest BCUT2D eigenvalue weighted by Crippen LogP contribution is -2.17. The SMILES string of the molecule is CNC(=O)c1cccc(-c2ccc(O)cc2OC)c1. The van der Waals surface area contributed by atoms with Gasteiger partial charge < -0.3 is 15.2 Å². The Labute approximate surface area is 111 Å². The Hall–Kier alpha value is -2.49. The maximum Gasteiger partial charge on any atom is 0.251 e. The van der Waals surface area contributed by atoms with Crippen LogP contribution in [0.3, 0.4) is 0 Å². The molecule has 0 aliphatic heterocycles. The molecule has 2 rings (SSSR count). The molecule has 19 heavy (non-hydrogen) atoms. The molecular weight excluding hydrogens is 242 g/mol. The van der Waals surface area contributed by atoms with E-state index in [2.05, 4.69) is 5.32 Å². The molecule has 0 heterocycles. The second-order valence-corrected chi connectivity index (χ2v) is 4.04. The van der Waals surface area contributed by atoms with Gasteiger partial charge in [0.1, 0.15) is 11.5 Å². The van der Waals surface area contributed by atoms with E-state index in [1.807, 2.05) is 12.1 Å². The van der Waals surface area contributed by atoms with Gasteiger partial charge in [-0.3, -0.25) is 4.79 Å². The van der Waals surface area contributed by atoms with Gasteiger partial charge in [0.15, 0.2) is 0 Å². The van der Waals surface area contributed by atoms with E-state index < -0.39 is 0 Å². The number of hydrogen-bond donors (Lipinski definition) is 2. The normalized spacial score (nSPS) is 10.0. The average Bonchev–Trinajstić information content (AvgIpc) is 2.46. The van der Waals surface area contributed by atoms with Crippen LogP contribution in [-0.4, -0.2) is 25.2 Å². The molecule has 0 atom stereocenters. The molecule has 1 amide bonds. The first-order chi connectivity index (χ1) is 9.15. The van der Waals surface area contributed by atoms with Crippen LogP contribution >= 0.6 is 0 Å². The summed E-state index contributed by atoms with van der Waals surface area (Å²) >= 11 is 0. The van der Waals surface area contributed by atoms with Crippen LogP contribution in [0.4, 0.5) is 0 Å². The zero-order valence-corrected chi connectivity index (χ0v) is 10.8. The van der Waals surface area contributed by atoms with Gasteiger partial charge >= 0.3 is 0 Å². The highest BCUT2D eigenvalue weighted by Crippen LogP contribution is 2.33. The molecule has 4 nitrogen and oxygen atoms in total. The molecule has 0 fully saturated rings. The molecule has 2 aromatic carbocycles. The van der Waals surface area contributed by atoms with E-state index in [9.17, 15) is 9.90 Å². The van der Waals surface area contributed by atoms with Crippen molar-refractivity contribution in [1.82, 2.24) is 5.32 Å². The maximum absolute atomic E-state index is 11.6. The quantitative estimate of drug-likeness (QED) is 0.887. The van der Waals surface area contributed by atoms with Gasteiger partial charge in [0.05, 0.1) is 7.11 Å². The molecule has 0 unspecified atom stereocenters. The Morgan fingerprint density at radius 2 is 2.00 bits per heavy atom. The summed E-state index contributed by atoms with van der Waals surface area (Å²) in [4.78, 5) is 11.6. The lowest BCUT2D eigenvalue weighted by atomic mass is 10.0. The number of hydrogen-bond acceptors (Lipinski definition) is 3. The number of nitrogens with one attached hydrogen (secondary N) is 1. The highest BCUT2D eigenvalue weighted by atomic mass is 16.5. The number of carbonyl (C=O) groups excluding carboxylic acids is 1. The zero-order chi connectivity index (χ0) is 13.8. The van der Waals surface area contributed by atoms with Crippen molar-refractivity contribution in [2.24, 2.45) is 0 Å². The van der Waals surface area contributed by atoms with Crippen molar-refractivity contribution in [3.8, 4) is 22.6 Å². The van der Waals surface area contributed by atoms with Crippen molar-refractivity contribution in [1.29, 1.82) is 0 Å². The Morgan fingerprint density at radius 1 is 1.21 bits per heavy atom. The van der Waals surface area contributed by atoms with E-state index in [0.29, 0.717) is 11.3 Å². The first-order valence-corrected chi connectivity index (χ1v) is 5.85. The number of benzene rings is 2. The molecule has 4 heteroatoms. The molecule has 98 valence electrons. The number of phenols is 1. The number of methoxy groups -OCH3 is 1. The predicted molar refractivity (Wildman–Crippen MR) is 73.5 cm³/mol. The number of phenolic OH excluding ortho intramolecular Hbond substituents is 1. The Kier molecular flexibility index (Phi) is 3.71. The fourth-order valence-corrected chi connectivity index (χ4v) is 1.89. The van der Waals surface area contributed by atoms with Gasteiger partial charge in [-0.2, -0.15) is 0 Å². The maximum atomic E-state index is 11.6. The second kappa shape index (κ2) is 5.44. The molecule has 0 spiro atoms. The highest BCUT2D eigenvalue weighted by molar-refractivity contribution is 5.95. The van der Waals surface area contributed by atoms with Crippen LogP contribution in [-0.2, 0) is 0 Å². The molecule has 0 radical (unpaired) electrons. The number of amides is 1. The average molecular weight is 257 g/mol. The van der Waals surface area contributed by atoms with Crippen LogP contribution in [0.15, 0.2) is 42.5 Å². The molecule has 0 aromatic heterocycles. The van der Waals surface area contributed by atoms with Crippen LogP contribution in [0.25, 0.3) is 11.1 Å². The monoisotopic (exact) mass is 257 g/mol. The molecule has 0 aliphatic carbocycles. The highest BCUT2D eigenvalue weighted by Gasteiger charge is 2.09. The Morgan fingerprint density at radius 3 is 2.68 bits per heavy atom. The predicted octanol–water partition coefficient (Wildman–Crippen LogP) is 2.43. The Balaban J connectivity index is 2.50. The molecule has 0 saturated carbocycles. The lowest BCUT2D eigenvalue weighted by molar-refractivity contribution is 0.0963. The number of carbonyl (C=O) groups is 1. The fraction of sp³-hybridized carbons (Fsp3) is 0.133. The summed E-state index contributed by atoms with van der Waals surface area (Å²) in [6.07, 6.45) is 0. The van der Waals surface area contributed by atoms with E-state index in [1.165, 1.54) is 0 Å². The molecule has 2 aromatic rings. The van der Waals surface area contributed by atoms with Crippen LogP contribution in [0.5, 0.6) is 11.5 Å². The largest absolute Gasteiger partial charge is 0.508 e. The summed E-state index contributed by atoms with van der Waals surface area (Å²) in [5, 5.41) is 12.0. The van der Waals surface area contributed by atoms with Gasteiger partial charge in [-0.1, -0.05) is 12.1 Å². The van der Waals surface area contributed by atoms with Gasteiger partial charge in [-0.25, -0.2) is 0 Å². The van der Waals surface area contributed by atoms with Gasteiger partial charge in [0, 0.05) is 24.2 Å². The van der Waals surface area contributed by atoms with Crippen molar-refractivity contribution < 1.29 is 14.6 Å². The summed E-state index contributed by atoms with van der Waals surface area (Å²) in [7, 11) is 3.14. The van der Waals surface area contributed by atoms with Crippen molar-refractivity contribution in [3.63, 3.8) is 0 Å². The van der Waals surface area contributed by atoms with E-state index in [4.69, 9.17) is 4.74 Å². The van der Waals surface area contributed by atoms with Crippen LogP contribution in [0, 0.1) is 0 Å². The summed E-state index contributed by atoms with van der Waals surface area (Å²) in [6, 6.07) is 12.1. The minimum Gasteiger partial charge on any atom is -0.508 e. The number of ether oxygens (including phenoxy) is 1. The lowest BCUT2D eigenvalue weighted by Gasteiger charge is -2.10. The third-order valence-corrected chi connectivity index (χ3v) is 2.85. The third kappa shape index (κ3) is 2.68. The van der Waals surface area contributed by atoms with Crippen LogP contribution in [0.2, 0.25) is 0 Å². The topological polar surface area (TPSA) is 58.6 Å². The third-order valence-electron chi connectivity index (χ3n) is 2.85. The molecule has 0 saturated heterocycles. The van der Waals surface area contributed by atoms with Crippen molar-refractivity contribution in [2.75, 3.05) is 14.2 Å². The summed E-state index contributed by atoms with van der Waals surface area (Å²) < 4.78 is 5.25. The van der Waals surface area contributed by atoms with Gasteiger partial charge in [0.25, 0.3) is 5.91 Å². The zero-order valence-electron chi connectivity index (χ0n) is 10.8. The smallest absolute Gasteiger partial charge is 0.251 e. The summed E-state index contributed by atoms with van der Waals surface area (Å²) in [5.74, 6) is 0.566. The minimum absolute atomic E-state index is 0.139. The van der Waals surface area contributed by atoms with Crippen molar-refractivity contribution in [3.05, 3.63) is 48.0 Å². The van der Waals surface area contributed by atoms with E-state index >= 15 is 0 Å². The van der Waals surface area contributed by atoms with E-state index in [0.717, 1.165) is 11.1 Å². The van der Waals surface area contributed by atoms with Gasteiger partial charge in [0.2, 0.25) is 0 Å². The molecular formula is C15H15NO3. The molecule has 0 aliphatic rings. The summed E-state index contributed by atoms with van der Waals surface area (Å²) in [6.45, 7) is 0. The van der Waals surface area contributed by atoms with Gasteiger partial charge in [-0.15, -0.1) is 0 Å². The first-order valence-electron chi connectivity index (χ1n) is 5.85. The van der Waals surface area contributed by atoms with Crippen molar-refractivity contribution >= 4 is 5.91 Å². The fourth-order valence-electron chi connectivity index (χ4n) is 1.89. The standard InChI is InChI=1S/C15H15NO3/c1-16-15(18)11-5-3-4-10(8-11)13-7-6-12(17)9-14(13)19-2/h3-9,17H,1-2H3,(H,16,18). The number of rotatable bonds is 3. The molecule has 2 N–H and O–H groups in total. The first kappa shape index (κ1) is 13.0. The van der Waals surface area contributed by atoms with Crippen LogP contribution < -0.4 is 10.1 Å². The summed E-state index contributed by atoms with van der Waals surface area (Å²) in [5.41, 5.74) is 2.26. The minimum atomic E-state index is -0.139. The molecule has 0 bridgehead atoms. The van der Waals surface area contributed by atoms with E-state index in [-0.39, 0.29) is 11.7 Å². The van der Waals surface area contributed by atoms with Crippen molar-refractivity contribution in [2.45, 2.75) is 0 Å². The number of aromatic hydroxyl groups is 1. The Bertz CT molecular complexity index is 608. The van der Waals surface area contributed by atoms with Crippen LogP contribution in [0.1, 0.15) is 10.4 Å².